The number of imidazole rings is 1. The Morgan fingerprint density at radius 3 is 2.57 bits per heavy atom. The number of ether oxygens (including phenoxy) is 1. The van der Waals surface area contributed by atoms with E-state index in [9.17, 15) is 14.6 Å². The number of thioether (sulfide) groups is 1. The van der Waals surface area contributed by atoms with E-state index in [2.05, 4.69) is 15.3 Å². The molecular weight excluding hydrogens is 517 g/mol. The van der Waals surface area contributed by atoms with Crippen molar-refractivity contribution in [2.45, 2.75) is 42.0 Å². The lowest BCUT2D eigenvalue weighted by atomic mass is 10.1. The van der Waals surface area contributed by atoms with E-state index in [1.807, 2.05) is 60.7 Å². The van der Waals surface area contributed by atoms with Gasteiger partial charge < -0.3 is 20.1 Å². The predicted molar refractivity (Wildman–Crippen MR) is 136 cm³/mol. The van der Waals surface area contributed by atoms with E-state index >= 15 is 0 Å². The standard InChI is InChI=1S/C24H24N5O6PS/c30-19-20-17(12-33-36(31,32)35-20)34-23(19)29-22-18(28-24(29)37-13-16-9-5-2-6-10-16)21(26-14-27-22)25-11-15-7-3-1-4-8-15/h1-10,14,17,19-20,23,30H,11-13H2,(H,31,32)(H,25,26,27)/t17-,19-,20-,23-/m1/s1. The first-order valence-corrected chi connectivity index (χ1v) is 14.1. The van der Waals surface area contributed by atoms with Crippen LogP contribution in [0.1, 0.15) is 17.4 Å². The largest absolute Gasteiger partial charge is 0.472 e. The van der Waals surface area contributed by atoms with Gasteiger partial charge in [0.25, 0.3) is 0 Å². The Hall–Kier alpha value is -2.83. The number of aliphatic hydroxyl groups excluding tert-OH is 1. The molecule has 0 saturated carbocycles. The summed E-state index contributed by atoms with van der Waals surface area (Å²) in [6.07, 6.45) is -2.54. The molecule has 2 fully saturated rings. The van der Waals surface area contributed by atoms with Crippen LogP contribution in [-0.2, 0) is 30.6 Å². The molecule has 2 aliphatic rings. The molecule has 13 heteroatoms. The van der Waals surface area contributed by atoms with Crippen molar-refractivity contribution in [2.24, 2.45) is 0 Å². The fraction of sp³-hybridized carbons (Fsp3) is 0.292. The summed E-state index contributed by atoms with van der Waals surface area (Å²) < 4.78 is 29.8. The van der Waals surface area contributed by atoms with Gasteiger partial charge >= 0.3 is 7.82 Å². The fourth-order valence-electron chi connectivity index (χ4n) is 4.40. The first-order valence-electron chi connectivity index (χ1n) is 11.7. The minimum Gasteiger partial charge on any atom is -0.386 e. The highest BCUT2D eigenvalue weighted by Crippen LogP contribution is 2.53. The lowest BCUT2D eigenvalue weighted by Gasteiger charge is -2.27. The molecule has 2 saturated heterocycles. The lowest BCUT2D eigenvalue weighted by Crippen LogP contribution is -2.39. The molecule has 2 aliphatic heterocycles. The van der Waals surface area contributed by atoms with Crippen molar-refractivity contribution in [3.05, 3.63) is 78.1 Å². The SMILES string of the molecule is O=P1(O)OC[C@H]2O[C@@H](n3c(SCc4ccccc4)nc4c(NCc5ccccc5)ncnc43)[C@H](O)[C@@H]2O1. The minimum atomic E-state index is -4.26. The Balaban J connectivity index is 1.36. The maximum atomic E-state index is 12.0. The molecule has 11 nitrogen and oxygen atoms in total. The smallest absolute Gasteiger partial charge is 0.386 e. The summed E-state index contributed by atoms with van der Waals surface area (Å²) in [5.41, 5.74) is 3.15. The molecule has 5 atom stereocenters. The number of aliphatic hydroxyl groups is 1. The Kier molecular flexibility index (Phi) is 6.72. The summed E-state index contributed by atoms with van der Waals surface area (Å²) in [6.45, 7) is 0.361. The molecule has 0 spiro atoms. The molecule has 6 rings (SSSR count). The number of rotatable bonds is 7. The Morgan fingerprint density at radius 1 is 1.08 bits per heavy atom. The molecule has 4 heterocycles. The van der Waals surface area contributed by atoms with Gasteiger partial charge in [-0.3, -0.25) is 13.6 Å². The van der Waals surface area contributed by atoms with Gasteiger partial charge in [-0.1, -0.05) is 72.4 Å². The zero-order chi connectivity index (χ0) is 25.4. The second kappa shape index (κ2) is 10.1. The number of nitrogens with zero attached hydrogens (tertiary/aromatic N) is 4. The number of phosphoric acid groups is 1. The van der Waals surface area contributed by atoms with Gasteiger partial charge in [0, 0.05) is 12.3 Å². The van der Waals surface area contributed by atoms with E-state index in [1.165, 1.54) is 18.1 Å². The molecule has 2 aromatic carbocycles. The summed E-state index contributed by atoms with van der Waals surface area (Å²) in [5, 5.41) is 15.0. The second-order valence-electron chi connectivity index (χ2n) is 8.66. The van der Waals surface area contributed by atoms with E-state index in [0.717, 1.165) is 11.1 Å². The highest BCUT2D eigenvalue weighted by atomic mass is 32.2. The van der Waals surface area contributed by atoms with Crippen LogP contribution in [0.5, 0.6) is 0 Å². The highest BCUT2D eigenvalue weighted by Gasteiger charge is 2.53. The quantitative estimate of drug-likeness (QED) is 0.234. The highest BCUT2D eigenvalue weighted by molar-refractivity contribution is 7.98. The van der Waals surface area contributed by atoms with Crippen LogP contribution in [0.2, 0.25) is 0 Å². The maximum absolute atomic E-state index is 12.0. The number of hydrogen-bond acceptors (Lipinski definition) is 10. The Morgan fingerprint density at radius 2 is 1.81 bits per heavy atom. The number of nitrogens with one attached hydrogen (secondary N) is 1. The van der Waals surface area contributed by atoms with Gasteiger partial charge in [0.05, 0.1) is 6.61 Å². The van der Waals surface area contributed by atoms with Gasteiger partial charge in [0.2, 0.25) is 0 Å². The van der Waals surface area contributed by atoms with Gasteiger partial charge in [0.1, 0.15) is 24.6 Å². The molecule has 3 N–H and O–H groups in total. The van der Waals surface area contributed by atoms with Crippen LogP contribution in [0.15, 0.2) is 72.1 Å². The Labute approximate surface area is 216 Å². The van der Waals surface area contributed by atoms with Crippen LogP contribution < -0.4 is 5.32 Å². The zero-order valence-corrected chi connectivity index (χ0v) is 21.2. The van der Waals surface area contributed by atoms with Gasteiger partial charge in [-0.15, -0.1) is 0 Å². The number of benzene rings is 2. The molecule has 0 aliphatic carbocycles. The van der Waals surface area contributed by atoms with Crippen LogP contribution in [0, 0.1) is 0 Å². The molecule has 192 valence electrons. The first-order chi connectivity index (χ1) is 18.0. The van der Waals surface area contributed by atoms with E-state index in [1.54, 1.807) is 4.57 Å². The van der Waals surface area contributed by atoms with Crippen molar-refractivity contribution in [1.82, 2.24) is 19.5 Å². The van der Waals surface area contributed by atoms with E-state index in [4.69, 9.17) is 18.8 Å². The van der Waals surface area contributed by atoms with Crippen molar-refractivity contribution in [2.75, 3.05) is 11.9 Å². The number of aromatic nitrogens is 4. The minimum absolute atomic E-state index is 0.177. The van der Waals surface area contributed by atoms with Gasteiger partial charge in [-0.05, 0) is 11.1 Å². The van der Waals surface area contributed by atoms with Crippen molar-refractivity contribution in [3.8, 4) is 0 Å². The van der Waals surface area contributed by atoms with Gasteiger partial charge in [-0.2, -0.15) is 0 Å². The molecule has 0 amide bonds. The van der Waals surface area contributed by atoms with Gasteiger partial charge in [0.15, 0.2) is 28.4 Å². The second-order valence-corrected chi connectivity index (χ2v) is 11.0. The number of hydrogen-bond donors (Lipinski definition) is 3. The van der Waals surface area contributed by atoms with E-state index in [0.29, 0.717) is 34.4 Å². The van der Waals surface area contributed by atoms with Crippen molar-refractivity contribution >= 4 is 36.6 Å². The van der Waals surface area contributed by atoms with Crippen molar-refractivity contribution in [1.29, 1.82) is 0 Å². The fourth-order valence-corrected chi connectivity index (χ4v) is 6.34. The molecule has 0 radical (unpaired) electrons. The molecule has 37 heavy (non-hydrogen) atoms. The molecule has 1 unspecified atom stereocenters. The monoisotopic (exact) mass is 541 g/mol. The lowest BCUT2D eigenvalue weighted by molar-refractivity contribution is -0.0684. The van der Waals surface area contributed by atoms with Crippen LogP contribution in [-0.4, -0.2) is 54.4 Å². The first kappa shape index (κ1) is 24.5. The summed E-state index contributed by atoms with van der Waals surface area (Å²) in [5.74, 6) is 1.16. The van der Waals surface area contributed by atoms with Crippen molar-refractivity contribution < 1.29 is 28.3 Å². The third kappa shape index (κ3) is 5.01. The molecular formula is C24H24N5O6PS. The summed E-state index contributed by atoms with van der Waals surface area (Å²) in [4.78, 5) is 23.5. The van der Waals surface area contributed by atoms with Crippen LogP contribution in [0.3, 0.4) is 0 Å². The number of anilines is 1. The summed E-state index contributed by atoms with van der Waals surface area (Å²) >= 11 is 1.46. The van der Waals surface area contributed by atoms with Crippen LogP contribution in [0.25, 0.3) is 11.2 Å². The van der Waals surface area contributed by atoms with Crippen LogP contribution >= 0.6 is 19.6 Å². The number of phosphoric ester groups is 1. The predicted octanol–water partition coefficient (Wildman–Crippen LogP) is 3.50. The summed E-state index contributed by atoms with van der Waals surface area (Å²) in [7, 11) is -4.26. The van der Waals surface area contributed by atoms with Gasteiger partial charge in [-0.25, -0.2) is 19.5 Å². The third-order valence-electron chi connectivity index (χ3n) is 6.18. The van der Waals surface area contributed by atoms with E-state index in [-0.39, 0.29) is 6.61 Å². The third-order valence-corrected chi connectivity index (χ3v) is 8.19. The molecule has 0 bridgehead atoms. The van der Waals surface area contributed by atoms with E-state index < -0.39 is 32.4 Å². The maximum Gasteiger partial charge on any atom is 0.472 e. The topological polar surface area (TPSA) is 141 Å². The summed E-state index contributed by atoms with van der Waals surface area (Å²) in [6, 6.07) is 19.8. The molecule has 2 aromatic heterocycles. The average Bonchev–Trinajstić information content (AvgIpc) is 3.44. The normalized spacial score (nSPS) is 27.3. The Bertz CT molecular complexity index is 1440. The average molecular weight is 542 g/mol. The number of fused-ring (bicyclic) bond motifs is 2. The van der Waals surface area contributed by atoms with Crippen LogP contribution in [0.4, 0.5) is 5.82 Å². The molecule has 4 aromatic rings. The van der Waals surface area contributed by atoms with Crippen molar-refractivity contribution in [3.63, 3.8) is 0 Å². The zero-order valence-electron chi connectivity index (χ0n) is 19.5.